The third kappa shape index (κ3) is 7.78. The number of hydrogen-bond donors (Lipinski definition) is 1. The first-order chi connectivity index (χ1) is 23.7. The number of H-pyrrole nitrogens is 1. The van der Waals surface area contributed by atoms with E-state index in [-0.39, 0.29) is 19.5 Å². The number of pyridine rings is 6. The van der Waals surface area contributed by atoms with Crippen LogP contribution in [-0.2, 0) is 19.5 Å². The normalized spacial score (nSPS) is 10.4. The minimum Gasteiger partial charge on any atom is -0.337 e. The summed E-state index contributed by atoms with van der Waals surface area (Å²) in [7, 11) is 0. The molecule has 49 heavy (non-hydrogen) atoms. The Morgan fingerprint density at radius 3 is 1.29 bits per heavy atom. The summed E-state index contributed by atoms with van der Waals surface area (Å²) in [5, 5.41) is 2.05. The number of rotatable bonds is 3. The molecule has 1 N–H and O–H groups in total. The Labute approximate surface area is 303 Å². The predicted molar refractivity (Wildman–Crippen MR) is 195 cm³/mol. The van der Waals surface area contributed by atoms with Crippen molar-refractivity contribution >= 4 is 48.8 Å². The van der Waals surface area contributed by atoms with E-state index >= 15 is 0 Å². The standard InChI is InChI=1S/C19H11BrN4.2C10H8N2.Ru/c20-12-7-5-11(6-8-12)19-23-17-13-3-1-9-21-15(13)16-14(18(17)24-19)4-2-10-22-16;2*1-3-7-11-9(5-1)10-6-2-4-8-12-10;/h1-10H,(H,23,24);2*1-8H;/q;;;+3. The summed E-state index contributed by atoms with van der Waals surface area (Å²) in [6, 6.07) is 39.3. The zero-order valence-electron chi connectivity index (χ0n) is 25.9. The van der Waals surface area contributed by atoms with Gasteiger partial charge < -0.3 is 4.98 Å². The molecule has 0 aliphatic carbocycles. The van der Waals surface area contributed by atoms with Crippen LogP contribution in [-0.4, -0.2) is 39.9 Å². The van der Waals surface area contributed by atoms with Crippen molar-refractivity contribution in [2.45, 2.75) is 0 Å². The minimum absolute atomic E-state index is 0. The van der Waals surface area contributed by atoms with Gasteiger partial charge in [0.2, 0.25) is 0 Å². The summed E-state index contributed by atoms with van der Waals surface area (Å²) < 4.78 is 1.05. The second-order valence-corrected chi connectivity index (χ2v) is 11.4. The molecule has 10 heteroatoms. The van der Waals surface area contributed by atoms with Crippen LogP contribution in [0.25, 0.3) is 67.0 Å². The number of hydrogen-bond acceptors (Lipinski definition) is 7. The Morgan fingerprint density at radius 1 is 0.408 bits per heavy atom. The number of imidazole rings is 1. The first kappa shape index (κ1) is 33.3. The van der Waals surface area contributed by atoms with Gasteiger partial charge in [-0.1, -0.05) is 52.3 Å². The molecule has 0 atom stereocenters. The van der Waals surface area contributed by atoms with Gasteiger partial charge in [-0.05, 0) is 84.9 Å². The number of halogens is 1. The molecule has 0 saturated heterocycles. The van der Waals surface area contributed by atoms with Crippen LogP contribution >= 0.6 is 15.9 Å². The quantitative estimate of drug-likeness (QED) is 0.141. The Kier molecular flexibility index (Phi) is 10.9. The van der Waals surface area contributed by atoms with Crippen LogP contribution < -0.4 is 0 Å². The van der Waals surface area contributed by atoms with E-state index in [2.05, 4.69) is 56.9 Å². The van der Waals surface area contributed by atoms with Gasteiger partial charge in [0, 0.05) is 58.0 Å². The van der Waals surface area contributed by atoms with Crippen molar-refractivity contribution in [1.29, 1.82) is 0 Å². The summed E-state index contributed by atoms with van der Waals surface area (Å²) in [6.07, 6.45) is 10.7. The van der Waals surface area contributed by atoms with Crippen LogP contribution in [0.3, 0.4) is 0 Å². The summed E-state index contributed by atoms with van der Waals surface area (Å²) in [6.45, 7) is 0. The fourth-order valence-electron chi connectivity index (χ4n) is 5.15. The van der Waals surface area contributed by atoms with Crippen molar-refractivity contribution in [3.05, 3.63) is 163 Å². The predicted octanol–water partition coefficient (Wildman–Crippen LogP) is 9.37. The maximum absolute atomic E-state index is 4.85. The van der Waals surface area contributed by atoms with E-state index in [0.717, 1.165) is 71.5 Å². The largest absolute Gasteiger partial charge is 3.00 e. The molecule has 7 heterocycles. The van der Waals surface area contributed by atoms with Crippen LogP contribution in [0, 0.1) is 0 Å². The minimum atomic E-state index is 0. The summed E-state index contributed by atoms with van der Waals surface area (Å²) in [4.78, 5) is 34.1. The third-order valence-corrected chi connectivity index (χ3v) is 7.90. The molecule has 0 spiro atoms. The molecule has 0 fully saturated rings. The van der Waals surface area contributed by atoms with Crippen LogP contribution in [0.2, 0.25) is 0 Å². The maximum atomic E-state index is 4.85. The van der Waals surface area contributed by atoms with Gasteiger partial charge >= 0.3 is 19.5 Å². The second-order valence-electron chi connectivity index (χ2n) is 10.5. The van der Waals surface area contributed by atoms with Gasteiger partial charge in [0.05, 0.1) is 44.8 Å². The molecule has 0 unspecified atom stereocenters. The van der Waals surface area contributed by atoms with Gasteiger partial charge in [-0.3, -0.25) is 29.9 Å². The van der Waals surface area contributed by atoms with Gasteiger partial charge in [-0.2, -0.15) is 0 Å². The SMILES string of the molecule is Brc1ccc(-c2nc3c4cccnc4c4ncccc4c3[nH]2)cc1.[Ru+3].c1ccc(-c2ccccn2)nc1.c1ccc(-c2ccccn2)nc1. The molecule has 0 saturated carbocycles. The van der Waals surface area contributed by atoms with Crippen LogP contribution in [0.1, 0.15) is 0 Å². The smallest absolute Gasteiger partial charge is 0.337 e. The van der Waals surface area contributed by atoms with E-state index in [1.807, 2.05) is 115 Å². The zero-order chi connectivity index (χ0) is 32.5. The van der Waals surface area contributed by atoms with Crippen LogP contribution in [0.15, 0.2) is 163 Å². The Balaban J connectivity index is 0.000000141. The van der Waals surface area contributed by atoms with E-state index < -0.39 is 0 Å². The van der Waals surface area contributed by atoms with Gasteiger partial charge in [-0.15, -0.1) is 0 Å². The molecule has 7 aromatic heterocycles. The first-order valence-corrected chi connectivity index (χ1v) is 16.0. The molecular weight excluding hydrogens is 761 g/mol. The summed E-state index contributed by atoms with van der Waals surface area (Å²) >= 11 is 3.47. The van der Waals surface area contributed by atoms with Gasteiger partial charge in [-0.25, -0.2) is 4.98 Å². The van der Waals surface area contributed by atoms with Gasteiger partial charge in [0.1, 0.15) is 5.82 Å². The molecule has 0 aliphatic heterocycles. The average molecular weight is 789 g/mol. The molecule has 235 valence electrons. The number of aromatic amines is 1. The van der Waals surface area contributed by atoms with E-state index in [1.54, 1.807) is 37.2 Å². The second kappa shape index (κ2) is 16.0. The van der Waals surface area contributed by atoms with E-state index in [0.29, 0.717) is 0 Å². The fourth-order valence-corrected chi connectivity index (χ4v) is 5.41. The van der Waals surface area contributed by atoms with Crippen LogP contribution in [0.5, 0.6) is 0 Å². The van der Waals surface area contributed by atoms with E-state index in [1.165, 1.54) is 0 Å². The van der Waals surface area contributed by atoms with Gasteiger partial charge in [0.25, 0.3) is 0 Å². The van der Waals surface area contributed by atoms with Crippen molar-refractivity contribution in [2.75, 3.05) is 0 Å². The van der Waals surface area contributed by atoms with Crippen molar-refractivity contribution in [1.82, 2.24) is 39.9 Å². The Morgan fingerprint density at radius 2 is 0.837 bits per heavy atom. The summed E-state index contributed by atoms with van der Waals surface area (Å²) in [5.74, 6) is 0.846. The topological polar surface area (TPSA) is 106 Å². The van der Waals surface area contributed by atoms with Crippen molar-refractivity contribution in [3.8, 4) is 34.2 Å². The number of benzene rings is 2. The van der Waals surface area contributed by atoms with Crippen molar-refractivity contribution in [2.24, 2.45) is 0 Å². The molecule has 2 aromatic carbocycles. The van der Waals surface area contributed by atoms with Crippen molar-refractivity contribution < 1.29 is 19.5 Å². The zero-order valence-corrected chi connectivity index (χ0v) is 29.2. The molecule has 8 nitrogen and oxygen atoms in total. The molecule has 0 amide bonds. The molecular formula is C39H27BrN8Ru+3. The average Bonchev–Trinajstić information content (AvgIpc) is 3.64. The van der Waals surface area contributed by atoms with E-state index in [9.17, 15) is 0 Å². The number of nitrogens with one attached hydrogen (secondary N) is 1. The van der Waals surface area contributed by atoms with Crippen LogP contribution in [0.4, 0.5) is 0 Å². The molecule has 1 radical (unpaired) electrons. The van der Waals surface area contributed by atoms with Crippen molar-refractivity contribution in [3.63, 3.8) is 0 Å². The summed E-state index contributed by atoms with van der Waals surface area (Å²) in [5.41, 5.74) is 8.41. The third-order valence-electron chi connectivity index (χ3n) is 7.37. The number of nitrogens with zero attached hydrogens (tertiary/aromatic N) is 7. The molecule has 0 bridgehead atoms. The first-order valence-electron chi connectivity index (χ1n) is 15.2. The maximum Gasteiger partial charge on any atom is 3.00 e. The monoisotopic (exact) mass is 788 g/mol. The molecule has 9 aromatic rings. The Hall–Kier alpha value is -5.57. The Bertz CT molecular complexity index is 2170. The van der Waals surface area contributed by atoms with Gasteiger partial charge in [0.15, 0.2) is 0 Å². The fraction of sp³-hybridized carbons (Fsp3) is 0. The molecule has 0 aliphatic rings. The van der Waals surface area contributed by atoms with E-state index in [4.69, 9.17) is 4.98 Å². The number of fused-ring (bicyclic) bond motifs is 6. The number of aromatic nitrogens is 8. The molecule has 9 rings (SSSR count).